The first-order chi connectivity index (χ1) is 8.85. The molecule has 0 aliphatic carbocycles. The molecule has 2 rings (SSSR count). The number of rotatable bonds is 3. The zero-order valence-corrected chi connectivity index (χ0v) is 12.8. The summed E-state index contributed by atoms with van der Waals surface area (Å²) in [5.41, 5.74) is 7.52. The third-order valence-corrected chi connectivity index (χ3v) is 3.38. The van der Waals surface area contributed by atoms with E-state index in [1.54, 1.807) is 0 Å². The standard InChI is InChI=1S/C14H17ClN2OS/c1-14(2,3)8-18-12-5-4-9(6-10(12)15)11-7-19-13(16)17-11/h4-7H,8H2,1-3H3,(H2,16,17). The Morgan fingerprint density at radius 3 is 2.63 bits per heavy atom. The van der Waals surface area contributed by atoms with E-state index in [0.29, 0.717) is 22.5 Å². The van der Waals surface area contributed by atoms with Gasteiger partial charge in [-0.05, 0) is 23.6 Å². The minimum Gasteiger partial charge on any atom is -0.491 e. The third-order valence-electron chi connectivity index (χ3n) is 2.41. The lowest BCUT2D eigenvalue weighted by Crippen LogP contribution is -2.16. The van der Waals surface area contributed by atoms with Crippen molar-refractivity contribution in [1.82, 2.24) is 4.98 Å². The summed E-state index contributed by atoms with van der Waals surface area (Å²) in [5.74, 6) is 0.698. The monoisotopic (exact) mass is 296 g/mol. The van der Waals surface area contributed by atoms with Gasteiger partial charge in [0.25, 0.3) is 0 Å². The van der Waals surface area contributed by atoms with Crippen molar-refractivity contribution in [2.75, 3.05) is 12.3 Å². The van der Waals surface area contributed by atoms with Crippen LogP contribution in [0.25, 0.3) is 11.3 Å². The summed E-state index contributed by atoms with van der Waals surface area (Å²) in [7, 11) is 0. The molecule has 0 unspecified atom stereocenters. The molecule has 0 radical (unpaired) electrons. The lowest BCUT2D eigenvalue weighted by molar-refractivity contribution is 0.198. The van der Waals surface area contributed by atoms with Crippen molar-refractivity contribution < 1.29 is 4.74 Å². The zero-order chi connectivity index (χ0) is 14.0. The Morgan fingerprint density at radius 2 is 2.11 bits per heavy atom. The Balaban J connectivity index is 2.18. The number of aromatic nitrogens is 1. The Labute approximate surface area is 122 Å². The van der Waals surface area contributed by atoms with Gasteiger partial charge in [0.15, 0.2) is 5.13 Å². The van der Waals surface area contributed by atoms with Gasteiger partial charge in [-0.1, -0.05) is 32.4 Å². The van der Waals surface area contributed by atoms with E-state index in [0.717, 1.165) is 11.3 Å². The molecule has 0 bridgehead atoms. The number of hydrogen-bond acceptors (Lipinski definition) is 4. The fraction of sp³-hybridized carbons (Fsp3) is 0.357. The molecular formula is C14H17ClN2OS. The van der Waals surface area contributed by atoms with Crippen LogP contribution in [0.2, 0.25) is 5.02 Å². The number of nitrogens with two attached hydrogens (primary N) is 1. The summed E-state index contributed by atoms with van der Waals surface area (Å²) in [5, 5.41) is 3.06. The van der Waals surface area contributed by atoms with Gasteiger partial charge in [0.2, 0.25) is 0 Å². The van der Waals surface area contributed by atoms with E-state index in [4.69, 9.17) is 22.1 Å². The normalized spacial score (nSPS) is 11.6. The van der Waals surface area contributed by atoms with Crippen molar-refractivity contribution in [2.45, 2.75) is 20.8 Å². The highest BCUT2D eigenvalue weighted by Crippen LogP contribution is 2.32. The quantitative estimate of drug-likeness (QED) is 0.909. The maximum Gasteiger partial charge on any atom is 0.180 e. The summed E-state index contributed by atoms with van der Waals surface area (Å²) in [6.07, 6.45) is 0. The second kappa shape index (κ2) is 5.39. The van der Waals surface area contributed by atoms with E-state index in [1.165, 1.54) is 11.3 Å². The number of ether oxygens (including phenoxy) is 1. The van der Waals surface area contributed by atoms with Crippen LogP contribution in [-0.2, 0) is 0 Å². The van der Waals surface area contributed by atoms with Crippen LogP contribution in [0.15, 0.2) is 23.6 Å². The van der Waals surface area contributed by atoms with Crippen LogP contribution in [-0.4, -0.2) is 11.6 Å². The van der Waals surface area contributed by atoms with Gasteiger partial charge >= 0.3 is 0 Å². The molecule has 1 heterocycles. The molecule has 19 heavy (non-hydrogen) atoms. The smallest absolute Gasteiger partial charge is 0.180 e. The first-order valence-electron chi connectivity index (χ1n) is 5.99. The molecule has 2 aromatic rings. The average molecular weight is 297 g/mol. The summed E-state index contributed by atoms with van der Waals surface area (Å²) < 4.78 is 5.72. The SMILES string of the molecule is CC(C)(C)COc1ccc(-c2csc(N)n2)cc1Cl. The molecular weight excluding hydrogens is 280 g/mol. The number of anilines is 1. The molecule has 0 amide bonds. The van der Waals surface area contributed by atoms with Gasteiger partial charge in [-0.15, -0.1) is 11.3 Å². The fourth-order valence-corrected chi connectivity index (χ4v) is 2.30. The molecule has 1 aromatic heterocycles. The fourth-order valence-electron chi connectivity index (χ4n) is 1.49. The molecule has 0 atom stereocenters. The maximum atomic E-state index is 6.23. The molecule has 0 fully saturated rings. The van der Waals surface area contributed by atoms with Crippen LogP contribution in [0.1, 0.15) is 20.8 Å². The lowest BCUT2D eigenvalue weighted by atomic mass is 9.99. The highest BCUT2D eigenvalue weighted by Gasteiger charge is 2.13. The van der Waals surface area contributed by atoms with Crippen LogP contribution < -0.4 is 10.5 Å². The van der Waals surface area contributed by atoms with Crippen LogP contribution >= 0.6 is 22.9 Å². The molecule has 0 saturated heterocycles. The van der Waals surface area contributed by atoms with E-state index in [2.05, 4.69) is 25.8 Å². The number of hydrogen-bond donors (Lipinski definition) is 1. The molecule has 0 saturated carbocycles. The van der Waals surface area contributed by atoms with Crippen LogP contribution in [0.4, 0.5) is 5.13 Å². The van der Waals surface area contributed by atoms with E-state index < -0.39 is 0 Å². The van der Waals surface area contributed by atoms with Gasteiger partial charge in [-0.25, -0.2) is 4.98 Å². The second-order valence-corrected chi connectivity index (χ2v) is 6.86. The summed E-state index contributed by atoms with van der Waals surface area (Å²) in [6.45, 7) is 6.98. The zero-order valence-electron chi connectivity index (χ0n) is 11.2. The first-order valence-corrected chi connectivity index (χ1v) is 7.25. The number of nitrogen functional groups attached to an aromatic ring is 1. The molecule has 0 spiro atoms. The number of benzene rings is 1. The van der Waals surface area contributed by atoms with Gasteiger partial charge < -0.3 is 10.5 Å². The van der Waals surface area contributed by atoms with Crippen LogP contribution in [0.5, 0.6) is 5.75 Å². The van der Waals surface area contributed by atoms with E-state index in [9.17, 15) is 0 Å². The Kier molecular flexibility index (Phi) is 4.02. The van der Waals surface area contributed by atoms with Gasteiger partial charge in [-0.3, -0.25) is 0 Å². The van der Waals surface area contributed by atoms with Crippen molar-refractivity contribution in [3.63, 3.8) is 0 Å². The first kappa shape index (κ1) is 14.2. The Bertz CT molecular complexity index is 575. The molecule has 5 heteroatoms. The molecule has 0 aliphatic heterocycles. The minimum atomic E-state index is 0.103. The van der Waals surface area contributed by atoms with Crippen molar-refractivity contribution >= 4 is 28.1 Å². The topological polar surface area (TPSA) is 48.1 Å². The molecule has 1 aromatic carbocycles. The molecule has 2 N–H and O–H groups in total. The van der Waals surface area contributed by atoms with Gasteiger partial charge in [0.1, 0.15) is 5.75 Å². The van der Waals surface area contributed by atoms with Crippen LogP contribution in [0, 0.1) is 5.41 Å². The van der Waals surface area contributed by atoms with Gasteiger partial charge in [-0.2, -0.15) is 0 Å². The van der Waals surface area contributed by atoms with Gasteiger partial charge in [0, 0.05) is 10.9 Å². The van der Waals surface area contributed by atoms with Crippen molar-refractivity contribution in [3.8, 4) is 17.0 Å². The number of halogens is 1. The summed E-state index contributed by atoms with van der Waals surface area (Å²) in [6, 6.07) is 5.67. The summed E-state index contributed by atoms with van der Waals surface area (Å²) >= 11 is 7.65. The Hall–Kier alpha value is -1.26. The summed E-state index contributed by atoms with van der Waals surface area (Å²) in [4.78, 5) is 4.23. The Morgan fingerprint density at radius 1 is 1.37 bits per heavy atom. The van der Waals surface area contributed by atoms with Gasteiger partial charge in [0.05, 0.1) is 17.3 Å². The van der Waals surface area contributed by atoms with E-state index in [1.807, 2.05) is 23.6 Å². The number of nitrogens with zero attached hydrogens (tertiary/aromatic N) is 1. The predicted molar refractivity (Wildman–Crippen MR) is 81.9 cm³/mol. The largest absolute Gasteiger partial charge is 0.491 e. The second-order valence-electron chi connectivity index (χ2n) is 5.57. The minimum absolute atomic E-state index is 0.103. The third kappa shape index (κ3) is 3.85. The average Bonchev–Trinajstić information content (AvgIpc) is 2.73. The van der Waals surface area contributed by atoms with E-state index in [-0.39, 0.29) is 5.41 Å². The maximum absolute atomic E-state index is 6.23. The molecule has 102 valence electrons. The van der Waals surface area contributed by atoms with Crippen molar-refractivity contribution in [3.05, 3.63) is 28.6 Å². The molecule has 3 nitrogen and oxygen atoms in total. The highest BCUT2D eigenvalue weighted by atomic mass is 35.5. The van der Waals surface area contributed by atoms with Crippen molar-refractivity contribution in [1.29, 1.82) is 0 Å². The van der Waals surface area contributed by atoms with Crippen molar-refractivity contribution in [2.24, 2.45) is 5.41 Å². The number of thiazole rings is 1. The lowest BCUT2D eigenvalue weighted by Gasteiger charge is -2.19. The van der Waals surface area contributed by atoms with Crippen LogP contribution in [0.3, 0.4) is 0 Å². The van der Waals surface area contributed by atoms with E-state index >= 15 is 0 Å². The molecule has 0 aliphatic rings. The highest BCUT2D eigenvalue weighted by molar-refractivity contribution is 7.13. The predicted octanol–water partition coefficient (Wildman–Crippen LogP) is 4.47.